The highest BCUT2D eigenvalue weighted by Crippen LogP contribution is 2.50. The van der Waals surface area contributed by atoms with Crippen LogP contribution in [0.2, 0.25) is 0 Å². The summed E-state index contributed by atoms with van der Waals surface area (Å²) in [5, 5.41) is 10.7. The van der Waals surface area contributed by atoms with E-state index in [1.807, 2.05) is 83.1 Å². The van der Waals surface area contributed by atoms with E-state index in [2.05, 4.69) is 55.5 Å². The first-order chi connectivity index (χ1) is 27.5. The molecule has 344 valence electrons. The highest BCUT2D eigenvalue weighted by atomic mass is 19.1. The Balaban J connectivity index is 1.65. The van der Waals surface area contributed by atoms with Crippen molar-refractivity contribution < 1.29 is 42.5 Å². The van der Waals surface area contributed by atoms with Crippen molar-refractivity contribution in [2.75, 3.05) is 6.54 Å². The summed E-state index contributed by atoms with van der Waals surface area (Å²) in [6, 6.07) is 0.901. The molecule has 0 aromatic heterocycles. The van der Waals surface area contributed by atoms with Crippen molar-refractivity contribution in [3.63, 3.8) is 0 Å². The average molecular weight is 857 g/mol. The summed E-state index contributed by atoms with van der Waals surface area (Å²) < 4.78 is 41.5. The van der Waals surface area contributed by atoms with Gasteiger partial charge in [0.1, 0.15) is 0 Å². The molecule has 4 fully saturated rings. The molecule has 3 N–H and O–H groups in total. The molecular weight excluding hydrogens is 780 g/mol. The van der Waals surface area contributed by atoms with Gasteiger partial charge in [-0.1, -0.05) is 6.92 Å². The summed E-state index contributed by atoms with van der Waals surface area (Å²) in [6.45, 7) is 35.1. The molecule has 0 radical (unpaired) electrons. The van der Waals surface area contributed by atoms with Crippen molar-refractivity contribution in [2.24, 2.45) is 23.7 Å². The summed E-state index contributed by atoms with van der Waals surface area (Å²) in [4.78, 5) is 59.9. The smallest absolute Gasteiger partial charge is 0.314 e. The summed E-state index contributed by atoms with van der Waals surface area (Å²) >= 11 is 0. The van der Waals surface area contributed by atoms with Gasteiger partial charge in [-0.05, 0) is 169 Å². The number of rotatable bonds is 9. The summed E-state index contributed by atoms with van der Waals surface area (Å²) in [7, 11) is 0. The third-order valence-electron chi connectivity index (χ3n) is 13.1. The van der Waals surface area contributed by atoms with Crippen LogP contribution in [0.15, 0.2) is 6.07 Å². The quantitative estimate of drug-likeness (QED) is 0.162. The normalized spacial score (nSPS) is 25.9. The lowest BCUT2D eigenvalue weighted by Gasteiger charge is -2.54. The maximum absolute atomic E-state index is 17.0. The van der Waals surface area contributed by atoms with E-state index in [0.717, 1.165) is 12.6 Å². The first-order valence-corrected chi connectivity index (χ1v) is 22.4. The Bertz CT molecular complexity index is 1820. The number of hydrogen-bond donors (Lipinski definition) is 3. The second kappa shape index (κ2) is 16.5. The molecule has 4 saturated heterocycles. The number of piperidine rings is 4. The second-order valence-electron chi connectivity index (χ2n) is 24.0. The van der Waals surface area contributed by atoms with Crippen LogP contribution in [0.5, 0.6) is 23.0 Å². The predicted octanol–water partition coefficient (Wildman–Crippen LogP) is 8.41. The Morgan fingerprint density at radius 1 is 0.492 bits per heavy atom. The van der Waals surface area contributed by atoms with Crippen molar-refractivity contribution in [2.45, 2.75) is 213 Å². The van der Waals surface area contributed by atoms with E-state index in [-0.39, 0.29) is 0 Å². The van der Waals surface area contributed by atoms with Gasteiger partial charge in [-0.2, -0.15) is 0 Å². The molecule has 0 aliphatic carbocycles. The molecule has 0 bridgehead atoms. The summed E-state index contributed by atoms with van der Waals surface area (Å²) in [6.07, 6.45) is 3.30. The van der Waals surface area contributed by atoms with E-state index < -0.39 is 121 Å². The highest BCUT2D eigenvalue weighted by molar-refractivity contribution is 5.85. The number of carbonyl (C=O) groups is 4. The minimum absolute atomic E-state index is 0.386. The SMILES string of the molecule is CCN1C(C)(C)CC(C(=O)Oc2c(F)cc(OC(=O)C3CC(C)(C)NC(C)(C)C3)c(OC(=O)C3CC(C)(C)NC(C)(C)C3)c2OC(=O)C2CC(C)(C)NC(C)(C)C2)CC1(C)C. The number of carbonyl (C=O) groups excluding carboxylic acids is 4. The number of nitrogens with zero attached hydrogens (tertiary/aromatic N) is 1. The first-order valence-electron chi connectivity index (χ1n) is 22.4. The monoisotopic (exact) mass is 857 g/mol. The minimum Gasteiger partial charge on any atom is -0.422 e. The first kappa shape index (κ1) is 48.9. The van der Waals surface area contributed by atoms with E-state index in [9.17, 15) is 19.2 Å². The van der Waals surface area contributed by atoms with Crippen LogP contribution < -0.4 is 34.9 Å². The predicted molar refractivity (Wildman–Crippen MR) is 234 cm³/mol. The number of ether oxygens (including phenoxy) is 4. The van der Waals surface area contributed by atoms with Gasteiger partial charge in [-0.3, -0.25) is 24.1 Å². The molecule has 0 amide bonds. The maximum Gasteiger partial charge on any atom is 0.314 e. The maximum atomic E-state index is 17.0. The van der Waals surface area contributed by atoms with Crippen LogP contribution in [0, 0.1) is 29.5 Å². The van der Waals surface area contributed by atoms with E-state index in [1.165, 1.54) is 0 Å². The fourth-order valence-electron chi connectivity index (χ4n) is 12.5. The lowest BCUT2D eigenvalue weighted by molar-refractivity contribution is -0.149. The van der Waals surface area contributed by atoms with Gasteiger partial charge >= 0.3 is 23.9 Å². The van der Waals surface area contributed by atoms with Crippen molar-refractivity contribution in [3.05, 3.63) is 11.9 Å². The molecule has 12 nitrogen and oxygen atoms in total. The van der Waals surface area contributed by atoms with Gasteiger partial charge in [-0.15, -0.1) is 0 Å². The van der Waals surface area contributed by atoms with E-state index in [0.29, 0.717) is 51.4 Å². The van der Waals surface area contributed by atoms with Gasteiger partial charge in [0.05, 0.1) is 23.7 Å². The largest absolute Gasteiger partial charge is 0.422 e. The van der Waals surface area contributed by atoms with Gasteiger partial charge in [0.2, 0.25) is 17.2 Å². The molecule has 4 aliphatic heterocycles. The molecule has 61 heavy (non-hydrogen) atoms. The molecule has 1 aromatic rings. The van der Waals surface area contributed by atoms with Gasteiger partial charge in [-0.25, -0.2) is 4.39 Å². The van der Waals surface area contributed by atoms with Gasteiger partial charge in [0.25, 0.3) is 0 Å². The van der Waals surface area contributed by atoms with Crippen LogP contribution in [-0.2, 0) is 19.2 Å². The van der Waals surface area contributed by atoms with Crippen LogP contribution >= 0.6 is 0 Å². The minimum atomic E-state index is -1.11. The molecule has 0 unspecified atom stereocenters. The fraction of sp³-hybridized carbons (Fsp3) is 0.792. The molecule has 1 aromatic carbocycles. The Labute approximate surface area is 364 Å². The van der Waals surface area contributed by atoms with Crippen LogP contribution in [0.4, 0.5) is 4.39 Å². The number of hydrogen-bond acceptors (Lipinski definition) is 12. The Hall–Kier alpha value is -3.13. The van der Waals surface area contributed by atoms with Gasteiger partial charge < -0.3 is 34.9 Å². The van der Waals surface area contributed by atoms with E-state index in [4.69, 9.17) is 18.9 Å². The van der Waals surface area contributed by atoms with Crippen LogP contribution in [0.25, 0.3) is 0 Å². The zero-order chi connectivity index (χ0) is 46.1. The lowest BCUT2D eigenvalue weighted by Crippen LogP contribution is -2.61. The van der Waals surface area contributed by atoms with Crippen molar-refractivity contribution in [3.8, 4) is 23.0 Å². The third-order valence-corrected chi connectivity index (χ3v) is 13.1. The van der Waals surface area contributed by atoms with Gasteiger partial charge in [0.15, 0.2) is 11.6 Å². The molecule has 13 heteroatoms. The molecule has 5 rings (SSSR count). The highest BCUT2D eigenvalue weighted by Gasteiger charge is 2.49. The van der Waals surface area contributed by atoms with E-state index >= 15 is 4.39 Å². The van der Waals surface area contributed by atoms with Crippen molar-refractivity contribution in [1.29, 1.82) is 0 Å². The van der Waals surface area contributed by atoms with Crippen molar-refractivity contribution in [1.82, 2.24) is 20.9 Å². The molecular formula is C48H77FN4O8. The summed E-state index contributed by atoms with van der Waals surface area (Å²) in [5.74, 6) is -8.64. The lowest BCUT2D eigenvalue weighted by atomic mass is 9.73. The topological polar surface area (TPSA) is 145 Å². The van der Waals surface area contributed by atoms with E-state index in [1.54, 1.807) is 0 Å². The van der Waals surface area contributed by atoms with Crippen molar-refractivity contribution >= 4 is 23.9 Å². The second-order valence-corrected chi connectivity index (χ2v) is 24.0. The Morgan fingerprint density at radius 3 is 1.10 bits per heavy atom. The van der Waals surface area contributed by atoms with Crippen LogP contribution in [-0.4, -0.2) is 79.6 Å². The standard InChI is InChI=1S/C48H77FN4O8/c1-18-53-47(14,15)26-31(27-48(53,16)17)40(57)59-34-32(49)19-33(58-37(54)28-20-41(2,3)50-42(4,5)21-28)35(60-38(55)29-22-43(6,7)51-44(8,9)23-29)36(34)61-39(56)30-24-45(10,11)52-46(12,13)25-30/h19,28-31,50-52H,18,20-27H2,1-17H3. The molecule has 0 atom stereocenters. The van der Waals surface area contributed by atoms with Crippen LogP contribution in [0.3, 0.4) is 0 Å². The zero-order valence-corrected chi connectivity index (χ0v) is 40.3. The Morgan fingerprint density at radius 2 is 0.770 bits per heavy atom. The third kappa shape index (κ3) is 11.7. The summed E-state index contributed by atoms with van der Waals surface area (Å²) in [5.41, 5.74) is -3.45. The molecule has 0 saturated carbocycles. The molecule has 0 spiro atoms. The zero-order valence-electron chi connectivity index (χ0n) is 40.3. The number of halogens is 1. The fourth-order valence-corrected chi connectivity index (χ4v) is 12.5. The number of nitrogens with one attached hydrogen (secondary N) is 3. The number of benzene rings is 1. The Kier molecular flexibility index (Phi) is 13.2. The number of likely N-dealkylation sites (tertiary alicyclic amines) is 1. The van der Waals surface area contributed by atoms with Gasteiger partial charge in [0, 0.05) is 50.4 Å². The molecule has 4 heterocycles. The van der Waals surface area contributed by atoms with Crippen LogP contribution in [0.1, 0.15) is 169 Å². The average Bonchev–Trinajstić information content (AvgIpc) is 3.02. The molecule has 4 aliphatic rings. The number of esters is 4.